The van der Waals surface area contributed by atoms with Crippen molar-refractivity contribution in [2.75, 3.05) is 41.4 Å². The third kappa shape index (κ3) is 13.3. The number of methoxy groups -OCH3 is 2. The number of carboxylic acid groups (broad SMARTS) is 1. The van der Waals surface area contributed by atoms with Gasteiger partial charge in [0.15, 0.2) is 0 Å². The third-order valence-corrected chi connectivity index (χ3v) is 11.6. The molecule has 318 valence electrons. The van der Waals surface area contributed by atoms with E-state index >= 15 is 0 Å². The number of ether oxygens (including phenoxy) is 2. The van der Waals surface area contributed by atoms with Crippen molar-refractivity contribution < 1.29 is 38.6 Å². The van der Waals surface area contributed by atoms with Crippen LogP contribution in [0.5, 0.6) is 0 Å². The zero-order valence-corrected chi connectivity index (χ0v) is 36.2. The summed E-state index contributed by atoms with van der Waals surface area (Å²) in [6.07, 6.45) is 2.81. The molecule has 1 aromatic carbocycles. The Morgan fingerprint density at radius 1 is 0.911 bits per heavy atom. The largest absolute Gasteiger partial charge is 0.480 e. The van der Waals surface area contributed by atoms with Gasteiger partial charge < -0.3 is 35.0 Å². The summed E-state index contributed by atoms with van der Waals surface area (Å²) in [5, 5.41) is 15.7. The van der Waals surface area contributed by atoms with Crippen LogP contribution in [0, 0.1) is 23.7 Å². The van der Waals surface area contributed by atoms with Crippen LogP contribution >= 0.6 is 0 Å². The van der Waals surface area contributed by atoms with E-state index in [1.165, 1.54) is 7.11 Å². The standard InChI is InChI=1S/C43H73N5O8/c1-13-15-23-46(9)37(28(5)6)41(51)45-36(27(3)4)42(52)47(10)38(29(7)14-2)34(55-11)26-35(49)48-24-19-22-33(48)39(56-12)30(8)40(50)44-32(43(53)54)25-31-20-17-16-18-21-31/h16-18,20-21,27-30,32-34,36-39H,13-15,19,22-26H2,1-12H3,(H,44,50)(H,45,51)(H,53,54)/t29-,30+,32-,33-,34+,36-,37-,38-,39+/m0/s1. The summed E-state index contributed by atoms with van der Waals surface area (Å²) in [5.74, 6) is -3.15. The van der Waals surface area contributed by atoms with E-state index in [0.717, 1.165) is 31.4 Å². The first-order valence-electron chi connectivity index (χ1n) is 20.6. The molecule has 0 saturated carbocycles. The SMILES string of the molecule is CCCCN(C)[C@H](C(=O)N[C@H](C(=O)N(C)[C@@H]([C@@H](C)CC)[C@@H](CC(=O)N1CCC[C@H]1[C@H](OC)[C@@H](C)C(=O)N[C@@H](Cc1ccccc1)C(=O)O)OC)C(C)C)C(C)C. The Morgan fingerprint density at radius 3 is 2.07 bits per heavy atom. The van der Waals surface area contributed by atoms with E-state index in [1.54, 1.807) is 30.9 Å². The molecule has 0 spiro atoms. The van der Waals surface area contributed by atoms with E-state index in [2.05, 4.69) is 22.5 Å². The summed E-state index contributed by atoms with van der Waals surface area (Å²) < 4.78 is 11.9. The molecule has 1 aromatic rings. The molecule has 9 atom stereocenters. The number of benzene rings is 1. The third-order valence-electron chi connectivity index (χ3n) is 11.6. The lowest BCUT2D eigenvalue weighted by molar-refractivity contribution is -0.148. The van der Waals surface area contributed by atoms with E-state index < -0.39 is 54.2 Å². The molecule has 1 fully saturated rings. The highest BCUT2D eigenvalue weighted by molar-refractivity contribution is 5.90. The highest BCUT2D eigenvalue weighted by Crippen LogP contribution is 2.30. The van der Waals surface area contributed by atoms with Gasteiger partial charge in [0.25, 0.3) is 0 Å². The number of carboxylic acids is 1. The Hall–Kier alpha value is -3.55. The fourth-order valence-electron chi connectivity index (χ4n) is 8.19. The van der Waals surface area contributed by atoms with Crippen LogP contribution in [0.3, 0.4) is 0 Å². The number of unbranched alkanes of at least 4 members (excludes halogenated alkanes) is 1. The minimum absolute atomic E-state index is 0.00878. The van der Waals surface area contributed by atoms with Crippen molar-refractivity contribution in [2.45, 2.75) is 143 Å². The molecule has 1 aliphatic rings. The minimum atomic E-state index is -1.14. The zero-order chi connectivity index (χ0) is 42.3. The Bertz CT molecular complexity index is 1390. The molecular weight excluding hydrogens is 714 g/mol. The van der Waals surface area contributed by atoms with Crippen molar-refractivity contribution in [3.8, 4) is 0 Å². The van der Waals surface area contributed by atoms with Crippen molar-refractivity contribution in [1.82, 2.24) is 25.3 Å². The predicted molar refractivity (Wildman–Crippen MR) is 219 cm³/mol. The fourth-order valence-corrected chi connectivity index (χ4v) is 8.19. The summed E-state index contributed by atoms with van der Waals surface area (Å²) in [4.78, 5) is 73.5. The quantitative estimate of drug-likeness (QED) is 0.136. The summed E-state index contributed by atoms with van der Waals surface area (Å²) >= 11 is 0. The second-order valence-electron chi connectivity index (χ2n) is 16.4. The maximum Gasteiger partial charge on any atom is 0.326 e. The number of rotatable bonds is 24. The van der Waals surface area contributed by atoms with Gasteiger partial charge in [-0.05, 0) is 56.2 Å². The van der Waals surface area contributed by atoms with Crippen LogP contribution < -0.4 is 10.6 Å². The van der Waals surface area contributed by atoms with Gasteiger partial charge in [0, 0.05) is 34.2 Å². The number of aliphatic carboxylic acids is 1. The molecule has 13 nitrogen and oxygen atoms in total. The molecule has 0 aromatic heterocycles. The first-order chi connectivity index (χ1) is 26.4. The van der Waals surface area contributed by atoms with Crippen molar-refractivity contribution in [1.29, 1.82) is 0 Å². The average Bonchev–Trinajstić information content (AvgIpc) is 3.65. The van der Waals surface area contributed by atoms with E-state index in [0.29, 0.717) is 19.4 Å². The average molecular weight is 788 g/mol. The second kappa shape index (κ2) is 23.6. The number of carbonyl (C=O) groups is 5. The number of hydrogen-bond acceptors (Lipinski definition) is 8. The van der Waals surface area contributed by atoms with E-state index in [4.69, 9.17) is 9.47 Å². The van der Waals surface area contributed by atoms with Gasteiger partial charge in [0.05, 0.1) is 42.7 Å². The molecule has 3 N–H and O–H groups in total. The maximum absolute atomic E-state index is 14.4. The first-order valence-corrected chi connectivity index (χ1v) is 20.6. The van der Waals surface area contributed by atoms with Gasteiger partial charge in [-0.15, -0.1) is 0 Å². The molecular formula is C43H73N5O8. The maximum atomic E-state index is 14.4. The van der Waals surface area contributed by atoms with E-state index in [1.807, 2.05) is 78.9 Å². The molecule has 0 radical (unpaired) electrons. The number of likely N-dealkylation sites (tertiary alicyclic amines) is 1. The molecule has 2 rings (SSSR count). The summed E-state index contributed by atoms with van der Waals surface area (Å²) in [6, 6.07) is 5.92. The second-order valence-corrected chi connectivity index (χ2v) is 16.4. The van der Waals surface area contributed by atoms with Crippen LogP contribution in [0.2, 0.25) is 0 Å². The summed E-state index contributed by atoms with van der Waals surface area (Å²) in [6.45, 7) is 17.0. The predicted octanol–water partition coefficient (Wildman–Crippen LogP) is 4.62. The number of nitrogens with one attached hydrogen (secondary N) is 2. The van der Waals surface area contributed by atoms with Crippen molar-refractivity contribution in [3.63, 3.8) is 0 Å². The van der Waals surface area contributed by atoms with Crippen LogP contribution in [-0.2, 0) is 39.9 Å². The molecule has 56 heavy (non-hydrogen) atoms. The van der Waals surface area contributed by atoms with E-state index in [-0.39, 0.29) is 54.4 Å². The Balaban J connectivity index is 2.28. The van der Waals surface area contributed by atoms with Gasteiger partial charge in [-0.3, -0.25) is 24.1 Å². The topological polar surface area (TPSA) is 158 Å². The number of amides is 4. The molecule has 1 aliphatic heterocycles. The smallest absolute Gasteiger partial charge is 0.326 e. The van der Waals surface area contributed by atoms with Gasteiger partial charge in [-0.25, -0.2) is 4.79 Å². The number of hydrogen-bond donors (Lipinski definition) is 3. The van der Waals surface area contributed by atoms with Gasteiger partial charge in [-0.1, -0.05) is 98.6 Å². The lowest BCUT2D eigenvalue weighted by atomic mass is 9.89. The van der Waals surface area contributed by atoms with Gasteiger partial charge in [0.2, 0.25) is 23.6 Å². The number of likely N-dealkylation sites (N-methyl/N-ethyl adjacent to an activating group) is 2. The summed E-state index contributed by atoms with van der Waals surface area (Å²) in [5.41, 5.74) is 0.786. The molecule has 13 heteroatoms. The van der Waals surface area contributed by atoms with Crippen LogP contribution in [0.4, 0.5) is 0 Å². The first kappa shape index (κ1) is 48.6. The van der Waals surface area contributed by atoms with Gasteiger partial charge in [-0.2, -0.15) is 0 Å². The monoisotopic (exact) mass is 788 g/mol. The highest BCUT2D eigenvalue weighted by Gasteiger charge is 2.43. The minimum Gasteiger partial charge on any atom is -0.480 e. The number of nitrogens with zero attached hydrogens (tertiary/aromatic N) is 3. The molecule has 4 amide bonds. The van der Waals surface area contributed by atoms with Crippen molar-refractivity contribution in [2.24, 2.45) is 23.7 Å². The number of carbonyl (C=O) groups excluding carboxylic acids is 4. The molecule has 0 aliphatic carbocycles. The van der Waals surface area contributed by atoms with Crippen LogP contribution in [0.15, 0.2) is 30.3 Å². The van der Waals surface area contributed by atoms with Gasteiger partial charge >= 0.3 is 5.97 Å². The van der Waals surface area contributed by atoms with Crippen LogP contribution in [0.25, 0.3) is 0 Å². The Morgan fingerprint density at radius 2 is 1.55 bits per heavy atom. The summed E-state index contributed by atoms with van der Waals surface area (Å²) in [7, 11) is 6.73. The van der Waals surface area contributed by atoms with Crippen LogP contribution in [-0.4, -0.2) is 133 Å². The lowest BCUT2D eigenvalue weighted by Gasteiger charge is -2.41. The van der Waals surface area contributed by atoms with Gasteiger partial charge in [0.1, 0.15) is 12.1 Å². The lowest BCUT2D eigenvalue weighted by Crippen LogP contribution is -2.60. The van der Waals surface area contributed by atoms with Crippen molar-refractivity contribution >= 4 is 29.6 Å². The Kier molecular flexibility index (Phi) is 20.5. The van der Waals surface area contributed by atoms with E-state index in [9.17, 15) is 29.1 Å². The van der Waals surface area contributed by atoms with Crippen molar-refractivity contribution in [3.05, 3.63) is 35.9 Å². The fraction of sp³-hybridized carbons (Fsp3) is 0.744. The normalized spacial score (nSPS) is 18.8. The Labute approximate surface area is 336 Å². The molecule has 1 saturated heterocycles. The molecule has 0 unspecified atom stereocenters. The highest BCUT2D eigenvalue weighted by atomic mass is 16.5. The molecule has 0 bridgehead atoms. The van der Waals surface area contributed by atoms with Crippen LogP contribution in [0.1, 0.15) is 99.5 Å². The zero-order valence-electron chi connectivity index (χ0n) is 36.2. The molecule has 1 heterocycles.